The zero-order valence-corrected chi connectivity index (χ0v) is 7.19. The van der Waals surface area contributed by atoms with Crippen molar-refractivity contribution < 1.29 is 9.72 Å². The molecule has 0 aromatic carbocycles. The van der Waals surface area contributed by atoms with Crippen LogP contribution < -0.4 is 0 Å². The zero-order chi connectivity index (χ0) is 9.84. The van der Waals surface area contributed by atoms with Gasteiger partial charge in [0.25, 0.3) is 5.69 Å². The number of pyridine rings is 1. The second kappa shape index (κ2) is 3.95. The number of nitro groups is 1. The number of rotatable bonds is 3. The highest BCUT2D eigenvalue weighted by Crippen LogP contribution is 2.19. The van der Waals surface area contributed by atoms with Gasteiger partial charge in [-0.1, -0.05) is 11.6 Å². The monoisotopic (exact) mass is 200 g/mol. The lowest BCUT2D eigenvalue weighted by molar-refractivity contribution is -0.385. The summed E-state index contributed by atoms with van der Waals surface area (Å²) in [6.45, 7) is 0. The van der Waals surface area contributed by atoms with Crippen molar-refractivity contribution in [1.82, 2.24) is 4.98 Å². The maximum Gasteiger partial charge on any atom is 0.291 e. The predicted octanol–water partition coefficient (Wildman–Crippen LogP) is 1.38. The van der Waals surface area contributed by atoms with Gasteiger partial charge in [0, 0.05) is 12.0 Å². The van der Waals surface area contributed by atoms with Gasteiger partial charge >= 0.3 is 0 Å². The molecular weight excluding hydrogens is 196 g/mol. The molecule has 0 aliphatic heterocycles. The Balaban J connectivity index is 3.17. The molecule has 0 fully saturated rings. The molecule has 0 amide bonds. The van der Waals surface area contributed by atoms with E-state index in [1.54, 1.807) is 0 Å². The van der Waals surface area contributed by atoms with Gasteiger partial charge in [-0.25, -0.2) is 4.98 Å². The van der Waals surface area contributed by atoms with Crippen LogP contribution in [0.3, 0.4) is 0 Å². The van der Waals surface area contributed by atoms with Gasteiger partial charge in [0.15, 0.2) is 0 Å². The van der Waals surface area contributed by atoms with Crippen LogP contribution in [0.4, 0.5) is 5.69 Å². The van der Waals surface area contributed by atoms with Crippen LogP contribution in [0.25, 0.3) is 0 Å². The third-order valence-electron chi connectivity index (χ3n) is 1.43. The molecule has 68 valence electrons. The highest BCUT2D eigenvalue weighted by atomic mass is 35.5. The van der Waals surface area contributed by atoms with E-state index in [2.05, 4.69) is 4.98 Å². The van der Waals surface area contributed by atoms with Gasteiger partial charge in [-0.2, -0.15) is 0 Å². The minimum Gasteiger partial charge on any atom is -0.303 e. The molecular formula is C7H5ClN2O3. The van der Waals surface area contributed by atoms with Crippen LogP contribution >= 0.6 is 11.6 Å². The minimum atomic E-state index is -0.595. The Morgan fingerprint density at radius 2 is 2.38 bits per heavy atom. The van der Waals surface area contributed by atoms with E-state index in [0.717, 1.165) is 6.20 Å². The van der Waals surface area contributed by atoms with Gasteiger partial charge in [-0.15, -0.1) is 0 Å². The quantitative estimate of drug-likeness (QED) is 0.320. The summed E-state index contributed by atoms with van der Waals surface area (Å²) in [6, 6.07) is 1.31. The molecule has 0 unspecified atom stereocenters. The van der Waals surface area contributed by atoms with Crippen LogP contribution in [0, 0.1) is 10.1 Å². The molecule has 0 aliphatic carbocycles. The van der Waals surface area contributed by atoms with Gasteiger partial charge in [0.1, 0.15) is 17.6 Å². The lowest BCUT2D eigenvalue weighted by atomic mass is 10.2. The van der Waals surface area contributed by atoms with E-state index in [4.69, 9.17) is 11.6 Å². The molecule has 0 N–H and O–H groups in total. The van der Waals surface area contributed by atoms with Gasteiger partial charge < -0.3 is 4.79 Å². The van der Waals surface area contributed by atoms with Gasteiger partial charge in [0.2, 0.25) is 0 Å². The Bertz CT molecular complexity index is 354. The van der Waals surface area contributed by atoms with Crippen LogP contribution in [0.15, 0.2) is 12.3 Å². The number of hydrogen-bond acceptors (Lipinski definition) is 4. The Kier molecular flexibility index (Phi) is 2.92. The number of hydrogen-bond donors (Lipinski definition) is 0. The first kappa shape index (κ1) is 9.60. The van der Waals surface area contributed by atoms with Gasteiger partial charge in [-0.3, -0.25) is 10.1 Å². The summed E-state index contributed by atoms with van der Waals surface area (Å²) in [5, 5.41) is 10.6. The Morgan fingerprint density at radius 3 is 2.92 bits per heavy atom. The first-order valence-corrected chi connectivity index (χ1v) is 3.75. The van der Waals surface area contributed by atoms with Crippen molar-refractivity contribution in [3.63, 3.8) is 0 Å². The van der Waals surface area contributed by atoms with Gasteiger partial charge in [-0.05, 0) is 6.07 Å². The molecule has 6 heteroatoms. The van der Waals surface area contributed by atoms with E-state index >= 15 is 0 Å². The van der Waals surface area contributed by atoms with Crippen LogP contribution in [0.1, 0.15) is 5.56 Å². The lowest BCUT2D eigenvalue weighted by Gasteiger charge is -1.97. The lowest BCUT2D eigenvalue weighted by Crippen LogP contribution is -1.97. The summed E-state index contributed by atoms with van der Waals surface area (Å²) in [4.78, 5) is 23.5. The van der Waals surface area contributed by atoms with Crippen LogP contribution in [0.2, 0.25) is 5.15 Å². The molecule has 0 aliphatic rings. The summed E-state index contributed by atoms with van der Waals surface area (Å²) in [5.41, 5.74) is 0.0940. The van der Waals surface area contributed by atoms with Crippen molar-refractivity contribution in [1.29, 1.82) is 0 Å². The summed E-state index contributed by atoms with van der Waals surface area (Å²) < 4.78 is 0. The summed E-state index contributed by atoms with van der Waals surface area (Å²) in [5.74, 6) is 0. The van der Waals surface area contributed by atoms with Crippen molar-refractivity contribution in [2.24, 2.45) is 0 Å². The maximum absolute atomic E-state index is 10.4. The average molecular weight is 201 g/mol. The highest BCUT2D eigenvalue weighted by molar-refractivity contribution is 6.29. The molecule has 5 nitrogen and oxygen atoms in total. The maximum atomic E-state index is 10.4. The summed E-state index contributed by atoms with van der Waals surface area (Å²) in [7, 11) is 0. The molecule has 0 spiro atoms. The molecule has 0 atom stereocenters. The van der Waals surface area contributed by atoms with E-state index in [1.165, 1.54) is 6.07 Å². The topological polar surface area (TPSA) is 73.1 Å². The fourth-order valence-corrected chi connectivity index (χ4v) is 1.06. The van der Waals surface area contributed by atoms with E-state index in [-0.39, 0.29) is 22.8 Å². The Morgan fingerprint density at radius 1 is 1.69 bits per heavy atom. The largest absolute Gasteiger partial charge is 0.303 e. The number of aldehydes is 1. The molecule has 1 aromatic rings. The molecule has 13 heavy (non-hydrogen) atoms. The third kappa shape index (κ3) is 2.22. The molecule has 1 heterocycles. The van der Waals surface area contributed by atoms with E-state index < -0.39 is 4.92 Å². The average Bonchev–Trinajstić information content (AvgIpc) is 2.04. The van der Waals surface area contributed by atoms with Crippen molar-refractivity contribution in [2.45, 2.75) is 6.42 Å². The predicted molar refractivity (Wildman–Crippen MR) is 45.7 cm³/mol. The van der Waals surface area contributed by atoms with Crippen molar-refractivity contribution in [3.8, 4) is 0 Å². The molecule has 1 aromatic heterocycles. The number of nitrogens with zero attached hydrogens (tertiary/aromatic N) is 2. The smallest absolute Gasteiger partial charge is 0.291 e. The second-order valence-corrected chi connectivity index (χ2v) is 2.65. The number of carbonyl (C=O) groups excluding carboxylic acids is 1. The standard InChI is InChI=1S/C7H5ClN2O3/c8-7-3-5(1-2-11)6(4-9-7)10(12)13/h2-4H,1H2. The van der Waals surface area contributed by atoms with Crippen LogP contribution in [0.5, 0.6) is 0 Å². The summed E-state index contributed by atoms with van der Waals surface area (Å²) in [6.07, 6.45) is 1.60. The van der Waals surface area contributed by atoms with E-state index in [1.807, 2.05) is 0 Å². The first-order valence-electron chi connectivity index (χ1n) is 3.37. The van der Waals surface area contributed by atoms with Gasteiger partial charge in [0.05, 0.1) is 4.92 Å². The molecule has 0 saturated carbocycles. The summed E-state index contributed by atoms with van der Waals surface area (Å²) >= 11 is 5.51. The van der Waals surface area contributed by atoms with E-state index in [9.17, 15) is 14.9 Å². The number of carbonyl (C=O) groups is 1. The van der Waals surface area contributed by atoms with Crippen LogP contribution in [-0.2, 0) is 11.2 Å². The number of halogens is 1. The molecule has 1 rings (SSSR count). The Hall–Kier alpha value is -1.49. The fraction of sp³-hybridized carbons (Fsp3) is 0.143. The third-order valence-corrected chi connectivity index (χ3v) is 1.64. The number of aromatic nitrogens is 1. The van der Waals surface area contributed by atoms with Crippen molar-refractivity contribution >= 4 is 23.6 Å². The molecule has 0 radical (unpaired) electrons. The zero-order valence-electron chi connectivity index (χ0n) is 6.44. The first-order chi connectivity index (χ1) is 6.15. The highest BCUT2D eigenvalue weighted by Gasteiger charge is 2.13. The molecule has 0 saturated heterocycles. The van der Waals surface area contributed by atoms with Crippen LogP contribution in [-0.4, -0.2) is 16.2 Å². The normalized spacial score (nSPS) is 9.62. The van der Waals surface area contributed by atoms with Crippen molar-refractivity contribution in [2.75, 3.05) is 0 Å². The minimum absolute atomic E-state index is 0.0292. The molecule has 0 bridgehead atoms. The second-order valence-electron chi connectivity index (χ2n) is 2.26. The SMILES string of the molecule is O=CCc1cc(Cl)ncc1[N+](=O)[O-]. The Labute approximate surface area is 78.5 Å². The fourth-order valence-electron chi connectivity index (χ4n) is 0.878. The van der Waals surface area contributed by atoms with E-state index in [0.29, 0.717) is 6.29 Å². The van der Waals surface area contributed by atoms with Crippen molar-refractivity contribution in [3.05, 3.63) is 33.1 Å².